The highest BCUT2D eigenvalue weighted by Gasteiger charge is 2.21. The van der Waals surface area contributed by atoms with E-state index < -0.39 is 7.12 Å². The van der Waals surface area contributed by atoms with E-state index in [4.69, 9.17) is 28.4 Å². The van der Waals surface area contributed by atoms with E-state index in [2.05, 4.69) is 25.9 Å². The Labute approximate surface area is 291 Å². The first-order valence-corrected chi connectivity index (χ1v) is 17.6. The van der Waals surface area contributed by atoms with Gasteiger partial charge in [0.2, 0.25) is 0 Å². The van der Waals surface area contributed by atoms with E-state index in [-0.39, 0.29) is 11.1 Å². The molecule has 0 bridgehead atoms. The van der Waals surface area contributed by atoms with Crippen molar-refractivity contribution < 1.29 is 28.4 Å². The fraction of sp³-hybridized carbons (Fsp3) is 0.250. The third kappa shape index (κ3) is 8.03. The quantitative estimate of drug-likeness (QED) is 0.251. The van der Waals surface area contributed by atoms with Crippen molar-refractivity contribution in [1.82, 2.24) is 9.97 Å². The highest BCUT2D eigenvalue weighted by molar-refractivity contribution is 9.10. The number of hydrogen-bond donors (Lipinski definition) is 2. The van der Waals surface area contributed by atoms with Gasteiger partial charge in [0.05, 0.1) is 30.9 Å². The van der Waals surface area contributed by atoms with Crippen molar-refractivity contribution >= 4 is 83.8 Å². The highest BCUT2D eigenvalue weighted by Crippen LogP contribution is 2.34. The van der Waals surface area contributed by atoms with E-state index in [0.717, 1.165) is 15.6 Å². The Morgan fingerprint density at radius 3 is 1.69 bits per heavy atom. The molecule has 2 N–H and O–H groups in total. The van der Waals surface area contributed by atoms with Crippen LogP contribution in [0.15, 0.2) is 94.3 Å². The van der Waals surface area contributed by atoms with Gasteiger partial charge in [0, 0.05) is 42.5 Å². The number of ether oxygens (including phenoxy) is 2. The van der Waals surface area contributed by atoms with E-state index in [1.807, 2.05) is 57.0 Å². The number of morpholine rings is 2. The monoisotopic (exact) mass is 752 g/mol. The molecule has 2 aromatic carbocycles. The molecular formula is C32H30BBrN4O8S2. The number of aromatic nitrogens is 2. The van der Waals surface area contributed by atoms with Crippen LogP contribution in [0.1, 0.15) is 0 Å². The second kappa shape index (κ2) is 16.0. The smallest absolute Gasteiger partial charge is 0.423 e. The molecule has 0 spiro atoms. The summed E-state index contributed by atoms with van der Waals surface area (Å²) in [4.78, 5) is 36.0. The van der Waals surface area contributed by atoms with E-state index in [9.17, 15) is 9.59 Å². The molecule has 16 heteroatoms. The van der Waals surface area contributed by atoms with Gasteiger partial charge in [-0.2, -0.15) is 9.97 Å². The van der Waals surface area contributed by atoms with Crippen molar-refractivity contribution in [1.29, 1.82) is 0 Å². The maximum absolute atomic E-state index is 12.3. The minimum absolute atomic E-state index is 0.227. The van der Waals surface area contributed by atoms with E-state index >= 15 is 0 Å². The summed E-state index contributed by atoms with van der Waals surface area (Å²) < 4.78 is 24.1. The first kappa shape index (κ1) is 34.0. The van der Waals surface area contributed by atoms with Gasteiger partial charge in [-0.3, -0.25) is 9.59 Å². The van der Waals surface area contributed by atoms with Gasteiger partial charge in [-0.05, 0) is 27.0 Å². The van der Waals surface area contributed by atoms with Crippen molar-refractivity contribution in [3.8, 4) is 11.1 Å². The minimum Gasteiger partial charge on any atom is -0.423 e. The molecular weight excluding hydrogens is 723 g/mol. The normalized spacial score (nSPS) is 14.6. The topological polar surface area (TPSA) is 152 Å². The lowest BCUT2D eigenvalue weighted by molar-refractivity contribution is 0.120. The molecule has 0 saturated carbocycles. The third-order valence-electron chi connectivity index (χ3n) is 7.36. The molecule has 2 aliphatic rings. The second-order valence-corrected chi connectivity index (χ2v) is 13.1. The van der Waals surface area contributed by atoms with Gasteiger partial charge in [0.1, 0.15) is 9.40 Å². The van der Waals surface area contributed by atoms with Crippen LogP contribution in [0.5, 0.6) is 0 Å². The van der Waals surface area contributed by atoms with Crippen LogP contribution >= 0.6 is 38.6 Å². The zero-order valence-electron chi connectivity index (χ0n) is 25.5. The SMILES string of the molecule is O=c1nc(N2CCOCC2)oc2c(-c3ccccc3)csc12.O=c1nc(N2CCOCC2)oc2c(Br)csc12.OB(O)c1ccccc1. The van der Waals surface area contributed by atoms with Gasteiger partial charge in [0.25, 0.3) is 11.1 Å². The van der Waals surface area contributed by atoms with E-state index in [0.29, 0.717) is 90.7 Å². The molecule has 0 atom stereocenters. The van der Waals surface area contributed by atoms with Crippen LogP contribution in [0.4, 0.5) is 12.0 Å². The summed E-state index contributed by atoms with van der Waals surface area (Å²) in [5.74, 6) is 0. The van der Waals surface area contributed by atoms with Gasteiger partial charge < -0.3 is 38.2 Å². The summed E-state index contributed by atoms with van der Waals surface area (Å²) in [6.07, 6.45) is 0. The highest BCUT2D eigenvalue weighted by atomic mass is 79.9. The van der Waals surface area contributed by atoms with E-state index in [1.54, 1.807) is 24.3 Å². The predicted octanol–water partition coefficient (Wildman–Crippen LogP) is 3.97. The molecule has 0 radical (unpaired) electrons. The number of rotatable bonds is 4. The molecule has 0 aliphatic carbocycles. The number of nitrogens with zero attached hydrogens (tertiary/aromatic N) is 4. The van der Waals surface area contributed by atoms with Crippen molar-refractivity contribution in [3.05, 3.63) is 96.6 Å². The van der Waals surface area contributed by atoms with Crippen molar-refractivity contribution in [2.45, 2.75) is 0 Å². The van der Waals surface area contributed by atoms with Crippen LogP contribution < -0.4 is 26.4 Å². The Bertz CT molecular complexity index is 2060. The standard InChI is InChI=1S/C16H14N2O3S.C10H9BrN2O3S.C6H7BO2/c19-15-14-13(12(10-22-14)11-4-2-1-3-5-11)21-16(17-15)18-6-8-20-9-7-18;11-6-5-17-8-7(6)16-10(12-9(8)14)13-1-3-15-4-2-13;8-7(9)6-4-2-1-3-5-6/h1-5,10H,6-9H2;5H,1-4H2;1-5,8-9H. The summed E-state index contributed by atoms with van der Waals surface area (Å²) >= 11 is 6.08. The van der Waals surface area contributed by atoms with Gasteiger partial charge in [-0.25, -0.2) is 0 Å². The number of fused-ring (bicyclic) bond motifs is 2. The summed E-state index contributed by atoms with van der Waals surface area (Å²) in [7, 11) is -1.34. The number of hydrogen-bond acceptors (Lipinski definition) is 14. The summed E-state index contributed by atoms with van der Waals surface area (Å²) in [6, 6.07) is 19.4. The van der Waals surface area contributed by atoms with Crippen molar-refractivity contribution in [2.75, 3.05) is 62.4 Å². The summed E-state index contributed by atoms with van der Waals surface area (Å²) in [6.45, 7) is 5.28. The van der Waals surface area contributed by atoms with Gasteiger partial charge in [-0.15, -0.1) is 22.7 Å². The van der Waals surface area contributed by atoms with Gasteiger partial charge >= 0.3 is 19.1 Å². The average Bonchev–Trinajstić information content (AvgIpc) is 3.74. The van der Waals surface area contributed by atoms with E-state index in [1.165, 1.54) is 22.7 Å². The minimum atomic E-state index is -1.34. The average molecular weight is 753 g/mol. The maximum atomic E-state index is 12.3. The molecule has 8 rings (SSSR count). The number of thiophene rings is 2. The second-order valence-electron chi connectivity index (χ2n) is 10.5. The molecule has 0 amide bonds. The Hall–Kier alpha value is -3.90. The Morgan fingerprint density at radius 2 is 1.17 bits per heavy atom. The Morgan fingerprint density at radius 1 is 0.688 bits per heavy atom. The lowest BCUT2D eigenvalue weighted by atomic mass is 9.81. The lowest BCUT2D eigenvalue weighted by Gasteiger charge is -2.25. The van der Waals surface area contributed by atoms with Crippen LogP contribution in [0.3, 0.4) is 0 Å². The number of benzene rings is 2. The zero-order valence-corrected chi connectivity index (χ0v) is 28.7. The van der Waals surface area contributed by atoms with Gasteiger partial charge in [-0.1, -0.05) is 60.7 Å². The molecule has 2 fully saturated rings. The third-order valence-corrected chi connectivity index (χ3v) is 10.2. The van der Waals surface area contributed by atoms with Crippen LogP contribution in [0.2, 0.25) is 0 Å². The van der Waals surface area contributed by atoms with Crippen molar-refractivity contribution in [2.24, 2.45) is 0 Å². The first-order chi connectivity index (χ1) is 23.4. The fourth-order valence-corrected chi connectivity index (χ4v) is 7.20. The van der Waals surface area contributed by atoms with Crippen LogP contribution in [-0.2, 0) is 9.47 Å². The largest absolute Gasteiger partial charge is 0.488 e. The molecule has 248 valence electrons. The van der Waals surface area contributed by atoms with Gasteiger partial charge in [0.15, 0.2) is 11.2 Å². The summed E-state index contributed by atoms with van der Waals surface area (Å²) in [5, 5.41) is 20.9. The molecule has 2 aliphatic heterocycles. The lowest BCUT2D eigenvalue weighted by Crippen LogP contribution is -2.37. The molecule has 4 aromatic heterocycles. The predicted molar refractivity (Wildman–Crippen MR) is 192 cm³/mol. The zero-order chi connectivity index (χ0) is 33.5. The van der Waals surface area contributed by atoms with Crippen LogP contribution in [0.25, 0.3) is 31.7 Å². The molecule has 6 heterocycles. The first-order valence-electron chi connectivity index (χ1n) is 15.0. The maximum Gasteiger partial charge on any atom is 0.488 e. The number of anilines is 2. The molecule has 6 aromatic rings. The number of halogens is 1. The van der Waals surface area contributed by atoms with Crippen LogP contribution in [-0.4, -0.2) is 79.7 Å². The molecule has 12 nitrogen and oxygen atoms in total. The molecule has 2 saturated heterocycles. The fourth-order valence-electron chi connectivity index (χ4n) is 4.89. The van der Waals surface area contributed by atoms with Crippen molar-refractivity contribution in [3.63, 3.8) is 0 Å². The Balaban J connectivity index is 0.000000137. The van der Waals surface area contributed by atoms with Crippen LogP contribution in [0, 0.1) is 0 Å². The molecule has 48 heavy (non-hydrogen) atoms. The molecule has 0 unspecified atom stereocenters. The Kier molecular flexibility index (Phi) is 11.3. The summed E-state index contributed by atoms with van der Waals surface area (Å²) in [5.41, 5.74) is 3.25.